The van der Waals surface area contributed by atoms with Crippen LogP contribution in [0.2, 0.25) is 0 Å². The molecule has 0 saturated heterocycles. The second-order valence-corrected chi connectivity index (χ2v) is 2.77. The molecule has 1 aromatic rings. The number of aliphatic hydroxyl groups excluding tert-OH is 1. The Morgan fingerprint density at radius 3 is 2.85 bits per heavy atom. The zero-order valence-electron chi connectivity index (χ0n) is 7.32. The van der Waals surface area contributed by atoms with Crippen LogP contribution in [0.15, 0.2) is 24.3 Å². The van der Waals surface area contributed by atoms with Crippen LogP contribution < -0.4 is 11.3 Å². The number of aliphatic hydroxyl groups is 1. The maximum atomic E-state index is 11.1. The van der Waals surface area contributed by atoms with Crippen LogP contribution in [0.1, 0.15) is 28.9 Å². The van der Waals surface area contributed by atoms with Gasteiger partial charge in [0.15, 0.2) is 0 Å². The molecule has 1 rings (SSSR count). The van der Waals surface area contributed by atoms with E-state index in [1.54, 1.807) is 31.2 Å². The number of carbonyl (C=O) groups is 1. The molecule has 13 heavy (non-hydrogen) atoms. The molecule has 0 radical (unpaired) electrons. The molecule has 0 saturated carbocycles. The zero-order valence-corrected chi connectivity index (χ0v) is 7.32. The monoisotopic (exact) mass is 180 g/mol. The molecule has 1 amide bonds. The number of hydrogen-bond donors (Lipinski definition) is 3. The summed E-state index contributed by atoms with van der Waals surface area (Å²) in [5, 5.41) is 9.24. The number of nitrogens with two attached hydrogens (primary N) is 1. The molecule has 1 atom stereocenters. The number of amides is 1. The second kappa shape index (κ2) is 4.02. The molecule has 0 bridgehead atoms. The van der Waals surface area contributed by atoms with E-state index in [0.29, 0.717) is 11.1 Å². The van der Waals surface area contributed by atoms with Gasteiger partial charge in [-0.05, 0) is 24.6 Å². The van der Waals surface area contributed by atoms with Gasteiger partial charge in [0.1, 0.15) is 0 Å². The van der Waals surface area contributed by atoms with Gasteiger partial charge in [-0.25, -0.2) is 5.84 Å². The van der Waals surface area contributed by atoms with Crippen LogP contribution >= 0.6 is 0 Å². The lowest BCUT2D eigenvalue weighted by Crippen LogP contribution is -2.30. The van der Waals surface area contributed by atoms with Crippen LogP contribution in [0.3, 0.4) is 0 Å². The third-order valence-electron chi connectivity index (χ3n) is 1.76. The van der Waals surface area contributed by atoms with Crippen molar-refractivity contribution in [1.82, 2.24) is 5.43 Å². The Morgan fingerprint density at radius 2 is 2.31 bits per heavy atom. The summed E-state index contributed by atoms with van der Waals surface area (Å²) in [5.41, 5.74) is 3.17. The Labute approximate surface area is 76.3 Å². The number of nitrogens with one attached hydrogen (secondary N) is 1. The zero-order chi connectivity index (χ0) is 9.84. The lowest BCUT2D eigenvalue weighted by atomic mass is 10.1. The van der Waals surface area contributed by atoms with Crippen LogP contribution in [-0.4, -0.2) is 11.0 Å². The number of rotatable bonds is 2. The molecular weight excluding hydrogens is 168 g/mol. The first-order valence-corrected chi connectivity index (χ1v) is 3.94. The van der Waals surface area contributed by atoms with Crippen molar-refractivity contribution in [2.24, 2.45) is 5.84 Å². The van der Waals surface area contributed by atoms with Gasteiger partial charge in [-0.2, -0.15) is 0 Å². The Kier molecular flexibility index (Phi) is 3.00. The Morgan fingerprint density at radius 1 is 1.62 bits per heavy atom. The number of hydrogen-bond acceptors (Lipinski definition) is 3. The normalized spacial score (nSPS) is 12.2. The van der Waals surface area contributed by atoms with E-state index in [0.717, 1.165) is 0 Å². The molecule has 0 aliphatic carbocycles. The van der Waals surface area contributed by atoms with E-state index in [2.05, 4.69) is 0 Å². The Balaban J connectivity index is 2.98. The molecular formula is C9H12N2O2. The second-order valence-electron chi connectivity index (χ2n) is 2.77. The predicted molar refractivity (Wildman–Crippen MR) is 48.7 cm³/mol. The lowest BCUT2D eigenvalue weighted by molar-refractivity contribution is 0.0953. The highest BCUT2D eigenvalue weighted by Gasteiger charge is 2.06. The van der Waals surface area contributed by atoms with Crippen LogP contribution in [-0.2, 0) is 0 Å². The van der Waals surface area contributed by atoms with E-state index in [9.17, 15) is 9.90 Å². The van der Waals surface area contributed by atoms with Gasteiger partial charge in [0.25, 0.3) is 5.91 Å². The number of benzene rings is 1. The molecule has 70 valence electrons. The number of hydrazine groups is 1. The van der Waals surface area contributed by atoms with E-state index in [4.69, 9.17) is 5.84 Å². The molecule has 4 heteroatoms. The SMILES string of the molecule is CC(O)c1cccc(C(=O)NN)c1. The van der Waals surface area contributed by atoms with Gasteiger partial charge in [-0.3, -0.25) is 10.2 Å². The molecule has 4 nitrogen and oxygen atoms in total. The molecule has 0 spiro atoms. The molecule has 1 aromatic carbocycles. The predicted octanol–water partition coefficient (Wildman–Crippen LogP) is 0.343. The quantitative estimate of drug-likeness (QED) is 0.349. The van der Waals surface area contributed by atoms with Crippen molar-refractivity contribution in [1.29, 1.82) is 0 Å². The summed E-state index contributed by atoms with van der Waals surface area (Å²) in [6, 6.07) is 6.69. The van der Waals surface area contributed by atoms with Crippen LogP contribution in [0.5, 0.6) is 0 Å². The Bertz CT molecular complexity index is 310. The smallest absolute Gasteiger partial charge is 0.265 e. The van der Waals surface area contributed by atoms with Gasteiger partial charge >= 0.3 is 0 Å². The van der Waals surface area contributed by atoms with Gasteiger partial charge in [0.2, 0.25) is 0 Å². The average molecular weight is 180 g/mol. The van der Waals surface area contributed by atoms with Gasteiger partial charge in [-0.1, -0.05) is 12.1 Å². The van der Waals surface area contributed by atoms with Gasteiger partial charge in [0, 0.05) is 5.56 Å². The van der Waals surface area contributed by atoms with E-state index in [1.807, 2.05) is 5.43 Å². The standard InChI is InChI=1S/C9H12N2O2/c1-6(12)7-3-2-4-8(5-7)9(13)11-10/h2-6,12H,10H2,1H3,(H,11,13). The van der Waals surface area contributed by atoms with Crippen molar-refractivity contribution in [3.8, 4) is 0 Å². The fourth-order valence-corrected chi connectivity index (χ4v) is 1.02. The average Bonchev–Trinajstić information content (AvgIpc) is 2.17. The molecule has 0 aliphatic heterocycles. The van der Waals surface area contributed by atoms with E-state index >= 15 is 0 Å². The topological polar surface area (TPSA) is 75.3 Å². The summed E-state index contributed by atoms with van der Waals surface area (Å²) < 4.78 is 0. The third kappa shape index (κ3) is 2.27. The molecule has 1 unspecified atom stereocenters. The first-order valence-electron chi connectivity index (χ1n) is 3.94. The number of nitrogen functional groups attached to an aromatic ring is 1. The molecule has 0 aromatic heterocycles. The van der Waals surface area contributed by atoms with Crippen molar-refractivity contribution in [2.75, 3.05) is 0 Å². The summed E-state index contributed by atoms with van der Waals surface area (Å²) in [6.45, 7) is 1.64. The largest absolute Gasteiger partial charge is 0.389 e. The Hall–Kier alpha value is -1.39. The van der Waals surface area contributed by atoms with E-state index < -0.39 is 6.10 Å². The summed E-state index contributed by atoms with van der Waals surface area (Å²) >= 11 is 0. The van der Waals surface area contributed by atoms with E-state index in [1.165, 1.54) is 0 Å². The maximum Gasteiger partial charge on any atom is 0.265 e. The molecule has 4 N–H and O–H groups in total. The fourth-order valence-electron chi connectivity index (χ4n) is 1.02. The fraction of sp³-hybridized carbons (Fsp3) is 0.222. The summed E-state index contributed by atoms with van der Waals surface area (Å²) in [7, 11) is 0. The minimum absolute atomic E-state index is 0.359. The highest BCUT2D eigenvalue weighted by Crippen LogP contribution is 2.13. The van der Waals surface area contributed by atoms with Gasteiger partial charge in [-0.15, -0.1) is 0 Å². The van der Waals surface area contributed by atoms with Crippen molar-refractivity contribution in [3.05, 3.63) is 35.4 Å². The highest BCUT2D eigenvalue weighted by atomic mass is 16.3. The third-order valence-corrected chi connectivity index (χ3v) is 1.76. The number of carbonyl (C=O) groups excluding carboxylic acids is 1. The minimum Gasteiger partial charge on any atom is -0.389 e. The molecule has 0 heterocycles. The van der Waals surface area contributed by atoms with Gasteiger partial charge in [0.05, 0.1) is 6.10 Å². The van der Waals surface area contributed by atoms with E-state index in [-0.39, 0.29) is 5.91 Å². The van der Waals surface area contributed by atoms with Crippen molar-refractivity contribution in [2.45, 2.75) is 13.0 Å². The summed E-state index contributed by atoms with van der Waals surface area (Å²) in [5.74, 6) is 4.61. The summed E-state index contributed by atoms with van der Waals surface area (Å²) in [6.07, 6.45) is -0.578. The van der Waals surface area contributed by atoms with Crippen molar-refractivity contribution < 1.29 is 9.90 Å². The van der Waals surface area contributed by atoms with Crippen LogP contribution in [0, 0.1) is 0 Å². The maximum absolute atomic E-state index is 11.1. The first kappa shape index (κ1) is 9.70. The van der Waals surface area contributed by atoms with Crippen LogP contribution in [0.4, 0.5) is 0 Å². The van der Waals surface area contributed by atoms with Gasteiger partial charge < -0.3 is 5.11 Å². The van der Waals surface area contributed by atoms with Crippen molar-refractivity contribution in [3.63, 3.8) is 0 Å². The first-order chi connectivity index (χ1) is 6.15. The molecule has 0 aliphatic rings. The van der Waals surface area contributed by atoms with Crippen LogP contribution in [0.25, 0.3) is 0 Å². The highest BCUT2D eigenvalue weighted by molar-refractivity contribution is 5.93. The van der Waals surface area contributed by atoms with Crippen molar-refractivity contribution >= 4 is 5.91 Å². The lowest BCUT2D eigenvalue weighted by Gasteiger charge is -2.05. The minimum atomic E-state index is -0.578. The molecule has 0 fully saturated rings. The summed E-state index contributed by atoms with van der Waals surface area (Å²) in [4.78, 5) is 11.1.